The molecule has 57 heavy (non-hydrogen) atoms. The number of nitrogens with zero attached hydrogens (tertiary/aromatic N) is 2. The van der Waals surface area contributed by atoms with Gasteiger partial charge in [-0.05, 0) is 96.4 Å². The quantitative estimate of drug-likeness (QED) is 0.129. The third-order valence-electron chi connectivity index (χ3n) is 9.25. The van der Waals surface area contributed by atoms with Crippen molar-refractivity contribution in [1.82, 2.24) is 10.3 Å². The fraction of sp³-hybridized carbons (Fsp3) is 0.111. The van der Waals surface area contributed by atoms with Gasteiger partial charge in [0.05, 0.1) is 67.4 Å². The third kappa shape index (κ3) is 7.82. The first-order valence-corrected chi connectivity index (χ1v) is 17.9. The topological polar surface area (TPSA) is 158 Å². The van der Waals surface area contributed by atoms with Crippen LogP contribution >= 0.6 is 0 Å². The van der Waals surface area contributed by atoms with Crippen LogP contribution in [0.4, 0.5) is 0 Å². The zero-order chi connectivity index (χ0) is 40.1. The summed E-state index contributed by atoms with van der Waals surface area (Å²) in [6.45, 7) is 2.34. The number of amides is 1. The largest absolute Gasteiger partial charge is 0.478 e. The van der Waals surface area contributed by atoms with E-state index >= 15 is 0 Å². The fourth-order valence-corrected chi connectivity index (χ4v) is 6.56. The monoisotopic (exact) mass is 760 g/mol. The van der Waals surface area contributed by atoms with Crippen LogP contribution in [0.25, 0.3) is 16.7 Å². The summed E-state index contributed by atoms with van der Waals surface area (Å²) in [5.74, 6) is -1.17. The Bertz CT molecular complexity index is 2540. The van der Waals surface area contributed by atoms with Gasteiger partial charge in [0, 0.05) is 40.3 Å². The van der Waals surface area contributed by atoms with E-state index in [0.717, 1.165) is 22.4 Å². The Hall–Kier alpha value is -7.60. The zero-order valence-electron chi connectivity index (χ0n) is 31.4. The lowest BCUT2D eigenvalue weighted by Crippen LogP contribution is -2.16. The van der Waals surface area contributed by atoms with Crippen molar-refractivity contribution in [3.63, 3.8) is 0 Å². The number of allylic oxidation sites excluding steroid dienone is 5. The normalized spacial score (nSPS) is 16.8. The van der Waals surface area contributed by atoms with Crippen molar-refractivity contribution in [1.29, 1.82) is 0 Å². The first-order valence-electron chi connectivity index (χ1n) is 17.9. The van der Waals surface area contributed by atoms with E-state index in [1.54, 1.807) is 60.7 Å². The Morgan fingerprint density at radius 1 is 0.526 bits per heavy atom. The summed E-state index contributed by atoms with van der Waals surface area (Å²) in [6.07, 6.45) is 10.6. The van der Waals surface area contributed by atoms with Crippen molar-refractivity contribution in [2.24, 2.45) is 9.98 Å². The van der Waals surface area contributed by atoms with Crippen LogP contribution in [0, 0.1) is 0 Å². The Morgan fingerprint density at radius 3 is 1.40 bits per heavy atom. The van der Waals surface area contributed by atoms with Gasteiger partial charge in [0.1, 0.15) is 0 Å². The summed E-state index contributed by atoms with van der Waals surface area (Å²) in [4.78, 5) is 62.6. The molecule has 0 saturated carbocycles. The second kappa shape index (κ2) is 16.4. The van der Waals surface area contributed by atoms with Crippen LogP contribution in [-0.2, 0) is 23.7 Å². The predicted molar refractivity (Wildman–Crippen MR) is 215 cm³/mol. The van der Waals surface area contributed by atoms with Crippen LogP contribution in [0.3, 0.4) is 0 Å². The van der Waals surface area contributed by atoms with Crippen LogP contribution in [0.2, 0.25) is 0 Å². The molecule has 2 N–H and O–H groups in total. The van der Waals surface area contributed by atoms with E-state index in [1.165, 1.54) is 27.4 Å². The van der Waals surface area contributed by atoms with Gasteiger partial charge in [-0.15, -0.1) is 0 Å². The number of aromatic nitrogens is 1. The van der Waals surface area contributed by atoms with Gasteiger partial charge < -0.3 is 29.2 Å². The van der Waals surface area contributed by atoms with Gasteiger partial charge in [-0.2, -0.15) is 0 Å². The molecule has 12 nitrogen and oxygen atoms in total. The highest BCUT2D eigenvalue weighted by molar-refractivity contribution is 6.32. The number of rotatable bonds is 10. The number of nitrogens with one attached hydrogen (secondary N) is 2. The van der Waals surface area contributed by atoms with Crippen molar-refractivity contribution >= 4 is 52.1 Å². The number of hydrogen-bond acceptors (Lipinski definition) is 10. The Balaban J connectivity index is 1.38. The van der Waals surface area contributed by atoms with E-state index in [2.05, 4.69) is 10.3 Å². The smallest absolute Gasteiger partial charge is 0.337 e. The number of H-pyrrole nitrogens is 1. The molecular weight excluding hydrogens is 725 g/mol. The molecule has 0 unspecified atom stereocenters. The Kier molecular flexibility index (Phi) is 10.9. The number of aromatic amines is 1. The number of carbonyl (C=O) groups excluding carboxylic acids is 4. The molecule has 0 aliphatic carbocycles. The molecule has 7 rings (SSSR count). The average Bonchev–Trinajstić information content (AvgIpc) is 4.09. The molecule has 0 spiro atoms. The fourth-order valence-electron chi connectivity index (χ4n) is 6.56. The highest BCUT2D eigenvalue weighted by Gasteiger charge is 2.24. The SMILES string of the molecule is CCOC1=N/C(=C(/c2ccc(C(=O)OC)cc2)c2ccc(/C(=C3/C=CC(C(=C4/C=CC(=O)N4)/c4ccc(C(=O)OC)cc4)=N3)c3ccc(C(=O)OC)cc3)[nH]2)C=C1. The van der Waals surface area contributed by atoms with E-state index in [-0.39, 0.29) is 5.91 Å². The molecule has 1 aromatic heterocycles. The summed E-state index contributed by atoms with van der Waals surface area (Å²) in [7, 11) is 3.99. The van der Waals surface area contributed by atoms with Crippen LogP contribution in [0.5, 0.6) is 0 Å². The minimum Gasteiger partial charge on any atom is -0.478 e. The molecule has 4 heterocycles. The first kappa shape index (κ1) is 37.7. The van der Waals surface area contributed by atoms with Crippen LogP contribution in [0.1, 0.15) is 66.1 Å². The third-order valence-corrected chi connectivity index (χ3v) is 9.25. The second-order valence-electron chi connectivity index (χ2n) is 12.7. The van der Waals surface area contributed by atoms with E-state index in [9.17, 15) is 19.2 Å². The van der Waals surface area contributed by atoms with E-state index < -0.39 is 17.9 Å². The summed E-state index contributed by atoms with van der Waals surface area (Å²) in [6, 6.07) is 24.8. The summed E-state index contributed by atoms with van der Waals surface area (Å²) < 4.78 is 20.4. The van der Waals surface area contributed by atoms with Crippen molar-refractivity contribution in [3.8, 4) is 0 Å². The van der Waals surface area contributed by atoms with Gasteiger partial charge in [0.25, 0.3) is 0 Å². The minimum atomic E-state index is -0.469. The van der Waals surface area contributed by atoms with Gasteiger partial charge >= 0.3 is 17.9 Å². The standard InChI is InChI=1S/C45H36N4O8/c1-5-57-39-25-23-37(49-39)42(28-10-16-31(17-11-28)45(53)56-4)35-21-19-33(47-35)40(26-6-12-29(13-7-26)43(51)54-2)32-18-20-34(46-32)41(36-22-24-38(50)48-36)27-8-14-30(15-9-27)44(52)55-3/h6-25,47H,5H2,1-4H3,(H,48,50)/b40-32-,41-36-,42-37-. The van der Waals surface area contributed by atoms with Gasteiger partial charge in [-0.25, -0.2) is 24.4 Å². The number of methoxy groups -OCH3 is 3. The highest BCUT2D eigenvalue weighted by Crippen LogP contribution is 2.36. The predicted octanol–water partition coefficient (Wildman–Crippen LogP) is 7.01. The van der Waals surface area contributed by atoms with Gasteiger partial charge in [0.2, 0.25) is 11.8 Å². The average molecular weight is 761 g/mol. The number of aliphatic imine (C=N–C) groups is 2. The molecule has 1 amide bonds. The molecule has 0 saturated heterocycles. The molecular formula is C45H36N4O8. The number of benzene rings is 3. The Morgan fingerprint density at radius 2 is 0.965 bits per heavy atom. The number of hydrogen-bond donors (Lipinski definition) is 2. The molecule has 0 radical (unpaired) electrons. The minimum absolute atomic E-state index is 0.267. The number of carbonyl (C=O) groups is 4. The molecule has 12 heteroatoms. The molecule has 4 aromatic rings. The summed E-state index contributed by atoms with van der Waals surface area (Å²) >= 11 is 0. The van der Waals surface area contributed by atoms with Crippen molar-refractivity contribution in [2.45, 2.75) is 6.92 Å². The highest BCUT2D eigenvalue weighted by atomic mass is 16.5. The lowest BCUT2D eigenvalue weighted by Gasteiger charge is -2.13. The molecule has 0 bridgehead atoms. The van der Waals surface area contributed by atoms with Gasteiger partial charge in [-0.1, -0.05) is 36.4 Å². The molecule has 3 aromatic carbocycles. The number of esters is 3. The lowest BCUT2D eigenvalue weighted by molar-refractivity contribution is -0.115. The maximum atomic E-state index is 12.4. The van der Waals surface area contributed by atoms with Gasteiger partial charge in [-0.3, -0.25) is 4.79 Å². The molecule has 0 atom stereocenters. The van der Waals surface area contributed by atoms with Crippen LogP contribution in [-0.4, -0.2) is 68.3 Å². The van der Waals surface area contributed by atoms with E-state index in [1.807, 2.05) is 61.5 Å². The molecule has 284 valence electrons. The van der Waals surface area contributed by atoms with Crippen LogP contribution < -0.4 is 5.32 Å². The summed E-state index contributed by atoms with van der Waals surface area (Å²) in [5, 5.41) is 2.89. The van der Waals surface area contributed by atoms with Crippen LogP contribution in [0.15, 0.2) is 148 Å². The molecule has 3 aliphatic rings. The summed E-state index contributed by atoms with van der Waals surface area (Å²) in [5.41, 5.74) is 9.31. The number of ether oxygens (including phenoxy) is 4. The van der Waals surface area contributed by atoms with E-state index in [4.69, 9.17) is 28.9 Å². The molecule has 0 fully saturated rings. The van der Waals surface area contributed by atoms with Crippen molar-refractivity contribution in [2.75, 3.05) is 27.9 Å². The first-order chi connectivity index (χ1) is 27.7. The maximum Gasteiger partial charge on any atom is 0.337 e. The Labute approximate surface area is 327 Å². The zero-order valence-corrected chi connectivity index (χ0v) is 31.4. The second-order valence-corrected chi connectivity index (χ2v) is 12.7. The lowest BCUT2D eigenvalue weighted by atomic mass is 9.97. The van der Waals surface area contributed by atoms with Crippen molar-refractivity contribution in [3.05, 3.63) is 183 Å². The van der Waals surface area contributed by atoms with Gasteiger partial charge in [0.15, 0.2) is 0 Å². The van der Waals surface area contributed by atoms with Crippen molar-refractivity contribution < 1.29 is 38.1 Å². The molecule has 3 aliphatic heterocycles. The van der Waals surface area contributed by atoms with E-state index in [0.29, 0.717) is 74.4 Å². The maximum absolute atomic E-state index is 12.4.